The third kappa shape index (κ3) is 2.02. The molecule has 0 unspecified atom stereocenters. The number of halogens is 1. The summed E-state index contributed by atoms with van der Waals surface area (Å²) in [5, 5.41) is 20.8. The molecule has 0 fully saturated rings. The Balaban J connectivity index is 2.50. The van der Waals surface area contributed by atoms with Crippen molar-refractivity contribution >= 4 is 21.6 Å². The third-order valence-corrected chi connectivity index (χ3v) is 4.44. The average molecular weight is 302 g/mol. The normalized spacial score (nSPS) is 25.9. The Morgan fingerprint density at radius 2 is 2.18 bits per heavy atom. The fraction of sp³-hybridized carbons (Fsp3) is 0.455. The molecular formula is C11H12BrNO4. The topological polar surface area (TPSA) is 72.6 Å². The molecule has 6 heteroatoms. The van der Waals surface area contributed by atoms with Gasteiger partial charge >= 0.3 is 0 Å². The number of rotatable bonds is 1. The van der Waals surface area contributed by atoms with Crippen LogP contribution in [0.5, 0.6) is 5.75 Å². The Kier molecular flexibility index (Phi) is 2.87. The van der Waals surface area contributed by atoms with Crippen LogP contribution in [0.3, 0.4) is 0 Å². The van der Waals surface area contributed by atoms with Crippen molar-refractivity contribution in [1.82, 2.24) is 0 Å². The summed E-state index contributed by atoms with van der Waals surface area (Å²) in [7, 11) is 0. The number of nitro benzene ring substituents is 1. The summed E-state index contributed by atoms with van der Waals surface area (Å²) in [6.07, 6.45) is -0.825. The number of nitro groups is 1. The number of aliphatic hydroxyl groups is 1. The number of hydrogen-bond acceptors (Lipinski definition) is 4. The van der Waals surface area contributed by atoms with E-state index in [1.807, 2.05) is 13.8 Å². The largest absolute Gasteiger partial charge is 0.486 e. The average Bonchev–Trinajstić information content (AvgIpc) is 2.25. The molecule has 0 bridgehead atoms. The van der Waals surface area contributed by atoms with Crippen LogP contribution in [0.15, 0.2) is 18.2 Å². The van der Waals surface area contributed by atoms with Crippen molar-refractivity contribution < 1.29 is 14.8 Å². The molecule has 1 aromatic rings. The molecule has 0 saturated carbocycles. The second-order valence-electron chi connectivity index (χ2n) is 4.53. The Bertz CT molecular complexity index is 475. The number of ether oxygens (including phenoxy) is 1. The van der Waals surface area contributed by atoms with Gasteiger partial charge in [0, 0.05) is 17.7 Å². The van der Waals surface area contributed by atoms with Crippen molar-refractivity contribution in [2.24, 2.45) is 0 Å². The molecule has 5 nitrogen and oxygen atoms in total. The predicted molar refractivity (Wildman–Crippen MR) is 65.5 cm³/mol. The Morgan fingerprint density at radius 3 is 2.76 bits per heavy atom. The van der Waals surface area contributed by atoms with Crippen LogP contribution in [0.1, 0.15) is 25.5 Å². The third-order valence-electron chi connectivity index (χ3n) is 2.84. The molecular weight excluding hydrogens is 290 g/mol. The Labute approximate surface area is 107 Å². The van der Waals surface area contributed by atoms with Gasteiger partial charge in [-0.25, -0.2) is 0 Å². The molecule has 1 aliphatic rings. The highest BCUT2D eigenvalue weighted by atomic mass is 79.9. The van der Waals surface area contributed by atoms with Gasteiger partial charge in [0.1, 0.15) is 11.4 Å². The standard InChI is InChI=1S/C11H12BrNO4/c1-11(2)10(12)9(14)7-5-6(13(15)16)3-4-8(7)17-11/h3-5,9-10,14H,1-2H3/t9-,10+/m0/s1. The molecule has 1 heterocycles. The van der Waals surface area contributed by atoms with Crippen LogP contribution in [-0.4, -0.2) is 20.5 Å². The van der Waals surface area contributed by atoms with Gasteiger partial charge in [0.05, 0.1) is 15.9 Å². The van der Waals surface area contributed by atoms with Crippen LogP contribution in [0.25, 0.3) is 0 Å². The molecule has 17 heavy (non-hydrogen) atoms. The van der Waals surface area contributed by atoms with Crippen molar-refractivity contribution in [3.63, 3.8) is 0 Å². The molecule has 1 aromatic carbocycles. The molecule has 2 rings (SSSR count). The zero-order chi connectivity index (χ0) is 12.8. The van der Waals surface area contributed by atoms with Crippen molar-refractivity contribution in [2.75, 3.05) is 0 Å². The highest BCUT2D eigenvalue weighted by Gasteiger charge is 2.42. The summed E-state index contributed by atoms with van der Waals surface area (Å²) in [5.74, 6) is 0.490. The SMILES string of the molecule is CC1(C)Oc2ccc([N+](=O)[O-])cc2[C@H](O)[C@H]1Br. The molecule has 0 aliphatic carbocycles. The lowest BCUT2D eigenvalue weighted by Crippen LogP contribution is -2.45. The highest BCUT2D eigenvalue weighted by Crippen LogP contribution is 2.44. The summed E-state index contributed by atoms with van der Waals surface area (Å²) in [5.41, 5.74) is -0.172. The van der Waals surface area contributed by atoms with Gasteiger partial charge in [0.25, 0.3) is 5.69 Å². The van der Waals surface area contributed by atoms with Gasteiger partial charge in [0.2, 0.25) is 0 Å². The maximum atomic E-state index is 10.7. The van der Waals surface area contributed by atoms with Crippen LogP contribution < -0.4 is 4.74 Å². The first-order valence-corrected chi connectivity index (χ1v) is 6.04. The first-order valence-electron chi connectivity index (χ1n) is 5.12. The van der Waals surface area contributed by atoms with Crippen molar-refractivity contribution in [3.8, 4) is 5.75 Å². The zero-order valence-corrected chi connectivity index (χ0v) is 11.0. The van der Waals surface area contributed by atoms with E-state index < -0.39 is 16.6 Å². The van der Waals surface area contributed by atoms with Crippen LogP contribution in [0, 0.1) is 10.1 Å². The van der Waals surface area contributed by atoms with E-state index >= 15 is 0 Å². The van der Waals surface area contributed by atoms with Crippen LogP contribution >= 0.6 is 15.9 Å². The zero-order valence-electron chi connectivity index (χ0n) is 9.38. The lowest BCUT2D eigenvalue weighted by Gasteiger charge is -2.39. The minimum absolute atomic E-state index is 0.0502. The van der Waals surface area contributed by atoms with Gasteiger partial charge in [-0.05, 0) is 19.9 Å². The van der Waals surface area contributed by atoms with E-state index in [9.17, 15) is 15.2 Å². The number of non-ortho nitro benzene ring substituents is 1. The molecule has 0 amide bonds. The number of hydrogen-bond donors (Lipinski definition) is 1. The van der Waals surface area contributed by atoms with E-state index in [-0.39, 0.29) is 10.5 Å². The van der Waals surface area contributed by atoms with Crippen molar-refractivity contribution in [1.29, 1.82) is 0 Å². The maximum Gasteiger partial charge on any atom is 0.270 e. The van der Waals surface area contributed by atoms with E-state index in [1.54, 1.807) is 0 Å². The van der Waals surface area contributed by atoms with Gasteiger partial charge in [-0.1, -0.05) is 15.9 Å². The summed E-state index contributed by atoms with van der Waals surface area (Å²) >= 11 is 3.36. The second kappa shape index (κ2) is 3.96. The van der Waals surface area contributed by atoms with Crippen LogP contribution in [0.4, 0.5) is 5.69 Å². The number of benzene rings is 1. The minimum Gasteiger partial charge on any atom is -0.486 e. The van der Waals surface area contributed by atoms with Gasteiger partial charge < -0.3 is 9.84 Å². The minimum atomic E-state index is -0.825. The Hall–Kier alpha value is -1.14. The van der Waals surface area contributed by atoms with Gasteiger partial charge in [-0.15, -0.1) is 0 Å². The maximum absolute atomic E-state index is 10.7. The molecule has 2 atom stereocenters. The molecule has 0 saturated heterocycles. The number of aliphatic hydroxyl groups excluding tert-OH is 1. The summed E-state index contributed by atoms with van der Waals surface area (Å²) in [6, 6.07) is 4.25. The van der Waals surface area contributed by atoms with Crippen LogP contribution in [0.2, 0.25) is 0 Å². The molecule has 0 spiro atoms. The van der Waals surface area contributed by atoms with Gasteiger partial charge in [0.15, 0.2) is 0 Å². The first-order chi connectivity index (χ1) is 7.83. The lowest BCUT2D eigenvalue weighted by atomic mass is 9.91. The van der Waals surface area contributed by atoms with E-state index in [2.05, 4.69) is 15.9 Å². The lowest BCUT2D eigenvalue weighted by molar-refractivity contribution is -0.385. The van der Waals surface area contributed by atoms with E-state index in [1.165, 1.54) is 18.2 Å². The van der Waals surface area contributed by atoms with Gasteiger partial charge in [-0.3, -0.25) is 10.1 Å². The number of fused-ring (bicyclic) bond motifs is 1. The fourth-order valence-corrected chi connectivity index (χ4v) is 2.23. The molecule has 0 aromatic heterocycles. The Morgan fingerprint density at radius 1 is 1.53 bits per heavy atom. The van der Waals surface area contributed by atoms with E-state index in [4.69, 9.17) is 4.74 Å². The highest BCUT2D eigenvalue weighted by molar-refractivity contribution is 9.09. The first kappa shape index (κ1) is 12.3. The molecule has 1 N–H and O–H groups in total. The molecule has 1 aliphatic heterocycles. The predicted octanol–water partition coefficient (Wildman–Crippen LogP) is 2.56. The second-order valence-corrected chi connectivity index (χ2v) is 5.52. The summed E-state index contributed by atoms with van der Waals surface area (Å²) in [6.45, 7) is 3.69. The summed E-state index contributed by atoms with van der Waals surface area (Å²) < 4.78 is 5.71. The smallest absolute Gasteiger partial charge is 0.270 e. The number of alkyl halides is 1. The van der Waals surface area contributed by atoms with Crippen molar-refractivity contribution in [2.45, 2.75) is 30.4 Å². The fourth-order valence-electron chi connectivity index (χ4n) is 1.85. The van der Waals surface area contributed by atoms with Crippen LogP contribution in [-0.2, 0) is 0 Å². The summed E-state index contributed by atoms with van der Waals surface area (Å²) in [4.78, 5) is 9.87. The van der Waals surface area contributed by atoms with Crippen molar-refractivity contribution in [3.05, 3.63) is 33.9 Å². The van der Waals surface area contributed by atoms with E-state index in [0.717, 1.165) is 0 Å². The monoisotopic (exact) mass is 301 g/mol. The number of nitrogens with zero attached hydrogens (tertiary/aromatic N) is 1. The molecule has 0 radical (unpaired) electrons. The quantitative estimate of drug-likeness (QED) is 0.491. The van der Waals surface area contributed by atoms with Gasteiger partial charge in [-0.2, -0.15) is 0 Å². The molecule has 92 valence electrons. The van der Waals surface area contributed by atoms with E-state index in [0.29, 0.717) is 11.3 Å².